The van der Waals surface area contributed by atoms with Crippen LogP contribution in [-0.2, 0) is 6.54 Å². The molecule has 1 saturated heterocycles. The van der Waals surface area contributed by atoms with E-state index in [1.165, 1.54) is 18.2 Å². The highest BCUT2D eigenvalue weighted by Crippen LogP contribution is 2.31. The fourth-order valence-corrected chi connectivity index (χ4v) is 4.22. The quantitative estimate of drug-likeness (QED) is 0.606. The van der Waals surface area contributed by atoms with Gasteiger partial charge >= 0.3 is 0 Å². The van der Waals surface area contributed by atoms with Crippen LogP contribution in [0.15, 0.2) is 54.9 Å². The fraction of sp³-hybridized carbons (Fsp3) is 0.292. The first-order chi connectivity index (χ1) is 14.9. The summed E-state index contributed by atoms with van der Waals surface area (Å²) < 4.78 is 42.7. The molecule has 1 aliphatic rings. The lowest BCUT2D eigenvalue weighted by molar-refractivity contribution is 0.402. The van der Waals surface area contributed by atoms with Gasteiger partial charge in [-0.25, -0.2) is 13.2 Å². The number of rotatable bonds is 5. The standard InChI is InChI=1S/C24H25F3N4/c1-15-9-17(28)14-31(13-15)23-7-8-29-12-22(23)30-11-16-5-6-19(25)18(10-16)24-20(26)3-2-4-21(24)27/h2-8,10,12,15,17,30H,9,11,13-14,28H2,1H3/t15-,17+/m1/s1. The van der Waals surface area contributed by atoms with Crippen molar-refractivity contribution in [3.8, 4) is 11.1 Å². The molecule has 1 aliphatic heterocycles. The smallest absolute Gasteiger partial charge is 0.134 e. The number of benzene rings is 2. The van der Waals surface area contributed by atoms with Crippen molar-refractivity contribution >= 4 is 11.4 Å². The number of anilines is 2. The molecule has 0 radical (unpaired) electrons. The molecule has 0 unspecified atom stereocenters. The van der Waals surface area contributed by atoms with Crippen molar-refractivity contribution < 1.29 is 13.2 Å². The molecule has 162 valence electrons. The normalized spacial score (nSPS) is 18.8. The number of nitrogens with zero attached hydrogens (tertiary/aromatic N) is 2. The van der Waals surface area contributed by atoms with Crippen molar-refractivity contribution in [1.82, 2.24) is 4.98 Å². The Morgan fingerprint density at radius 1 is 1.06 bits per heavy atom. The molecule has 2 atom stereocenters. The summed E-state index contributed by atoms with van der Waals surface area (Å²) in [5.74, 6) is -1.78. The van der Waals surface area contributed by atoms with Gasteiger partial charge in [0, 0.05) is 37.4 Å². The zero-order valence-electron chi connectivity index (χ0n) is 17.3. The largest absolute Gasteiger partial charge is 0.378 e. The number of piperidine rings is 1. The van der Waals surface area contributed by atoms with E-state index in [1.807, 2.05) is 6.07 Å². The molecule has 4 rings (SSSR count). The summed E-state index contributed by atoms with van der Waals surface area (Å²) in [5, 5.41) is 3.33. The van der Waals surface area contributed by atoms with Crippen molar-refractivity contribution in [3.63, 3.8) is 0 Å². The predicted molar refractivity (Wildman–Crippen MR) is 117 cm³/mol. The first kappa shape index (κ1) is 21.2. The van der Waals surface area contributed by atoms with Gasteiger partial charge in [0.1, 0.15) is 17.5 Å². The monoisotopic (exact) mass is 426 g/mol. The van der Waals surface area contributed by atoms with Crippen molar-refractivity contribution in [2.75, 3.05) is 23.3 Å². The average molecular weight is 426 g/mol. The summed E-state index contributed by atoms with van der Waals surface area (Å²) >= 11 is 0. The van der Waals surface area contributed by atoms with Gasteiger partial charge in [-0.15, -0.1) is 0 Å². The maximum atomic E-state index is 14.4. The van der Waals surface area contributed by atoms with Gasteiger partial charge in [0.25, 0.3) is 0 Å². The second-order valence-electron chi connectivity index (χ2n) is 8.16. The van der Waals surface area contributed by atoms with Gasteiger partial charge in [-0.1, -0.05) is 19.1 Å². The van der Waals surface area contributed by atoms with Crippen molar-refractivity contribution in [3.05, 3.63) is 77.9 Å². The average Bonchev–Trinajstić information content (AvgIpc) is 2.73. The number of aromatic nitrogens is 1. The summed E-state index contributed by atoms with van der Waals surface area (Å²) in [6, 6.07) is 9.85. The lowest BCUT2D eigenvalue weighted by Crippen LogP contribution is -2.46. The molecule has 4 nitrogen and oxygen atoms in total. The van der Waals surface area contributed by atoms with Gasteiger partial charge in [-0.05, 0) is 48.2 Å². The third-order valence-corrected chi connectivity index (χ3v) is 5.58. The van der Waals surface area contributed by atoms with Crippen LogP contribution in [0.2, 0.25) is 0 Å². The van der Waals surface area contributed by atoms with Gasteiger partial charge in [-0.2, -0.15) is 0 Å². The molecule has 3 aromatic rings. The zero-order valence-corrected chi connectivity index (χ0v) is 17.3. The molecule has 0 spiro atoms. The summed E-state index contributed by atoms with van der Waals surface area (Å²) in [6.07, 6.45) is 4.47. The Bertz CT molecular complexity index is 1040. The molecule has 0 aliphatic carbocycles. The van der Waals surface area contributed by atoms with Crippen LogP contribution in [0.25, 0.3) is 11.1 Å². The van der Waals surface area contributed by atoms with Crippen LogP contribution in [0.1, 0.15) is 18.9 Å². The number of nitrogens with two attached hydrogens (primary N) is 1. The molecule has 1 fully saturated rings. The number of hydrogen-bond donors (Lipinski definition) is 2. The van der Waals surface area contributed by atoms with E-state index < -0.39 is 17.5 Å². The Kier molecular flexibility index (Phi) is 6.13. The van der Waals surface area contributed by atoms with Crippen LogP contribution in [0.5, 0.6) is 0 Å². The van der Waals surface area contributed by atoms with Crippen LogP contribution in [0.3, 0.4) is 0 Å². The second kappa shape index (κ2) is 8.98. The van der Waals surface area contributed by atoms with E-state index in [0.29, 0.717) is 18.0 Å². The fourth-order valence-electron chi connectivity index (χ4n) is 4.22. The number of hydrogen-bond acceptors (Lipinski definition) is 4. The molecule has 0 bridgehead atoms. The van der Waals surface area contributed by atoms with E-state index >= 15 is 0 Å². The molecule has 31 heavy (non-hydrogen) atoms. The van der Waals surface area contributed by atoms with E-state index in [2.05, 4.69) is 22.1 Å². The first-order valence-electron chi connectivity index (χ1n) is 10.3. The van der Waals surface area contributed by atoms with Gasteiger partial charge in [0.05, 0.1) is 23.1 Å². The van der Waals surface area contributed by atoms with Crippen LogP contribution in [0.4, 0.5) is 24.5 Å². The highest BCUT2D eigenvalue weighted by atomic mass is 19.1. The van der Waals surface area contributed by atoms with Crippen LogP contribution in [0, 0.1) is 23.4 Å². The highest BCUT2D eigenvalue weighted by Gasteiger charge is 2.24. The Hall–Kier alpha value is -3.06. The third-order valence-electron chi connectivity index (χ3n) is 5.58. The van der Waals surface area contributed by atoms with E-state index in [9.17, 15) is 13.2 Å². The van der Waals surface area contributed by atoms with Gasteiger partial charge in [0.15, 0.2) is 0 Å². The van der Waals surface area contributed by atoms with Gasteiger partial charge in [0.2, 0.25) is 0 Å². The number of nitrogens with one attached hydrogen (secondary N) is 1. The van der Waals surface area contributed by atoms with Gasteiger partial charge < -0.3 is 16.0 Å². The van der Waals surface area contributed by atoms with E-state index in [0.717, 1.165) is 43.0 Å². The zero-order chi connectivity index (χ0) is 22.0. The molecule has 3 N–H and O–H groups in total. The molecule has 1 aromatic heterocycles. The minimum Gasteiger partial charge on any atom is -0.378 e. The topological polar surface area (TPSA) is 54.2 Å². The van der Waals surface area contributed by atoms with Crippen molar-refractivity contribution in [2.24, 2.45) is 11.7 Å². The molecular formula is C24H25F3N4. The van der Waals surface area contributed by atoms with Crippen LogP contribution in [-0.4, -0.2) is 24.1 Å². The summed E-state index contributed by atoms with van der Waals surface area (Å²) in [7, 11) is 0. The Balaban J connectivity index is 1.57. The Morgan fingerprint density at radius 3 is 2.58 bits per heavy atom. The minimum atomic E-state index is -0.797. The maximum absolute atomic E-state index is 14.4. The van der Waals surface area contributed by atoms with Crippen molar-refractivity contribution in [1.29, 1.82) is 0 Å². The lowest BCUT2D eigenvalue weighted by atomic mass is 9.96. The third kappa shape index (κ3) is 4.66. The summed E-state index contributed by atoms with van der Waals surface area (Å²) in [4.78, 5) is 6.46. The predicted octanol–water partition coefficient (Wildman–Crippen LogP) is 4.95. The number of halogens is 3. The van der Waals surface area contributed by atoms with Crippen LogP contribution >= 0.6 is 0 Å². The SMILES string of the molecule is C[C@@H]1C[C@H](N)CN(c2ccncc2NCc2ccc(F)c(-c3c(F)cccc3F)c2)C1. The molecule has 7 heteroatoms. The molecule has 0 amide bonds. The Labute approximate surface area is 179 Å². The van der Waals surface area contributed by atoms with Crippen LogP contribution < -0.4 is 16.0 Å². The minimum absolute atomic E-state index is 0.0999. The first-order valence-corrected chi connectivity index (χ1v) is 10.3. The molecular weight excluding hydrogens is 401 g/mol. The Morgan fingerprint density at radius 2 is 1.84 bits per heavy atom. The van der Waals surface area contributed by atoms with E-state index in [4.69, 9.17) is 5.73 Å². The maximum Gasteiger partial charge on any atom is 0.134 e. The molecule has 2 aromatic carbocycles. The van der Waals surface area contributed by atoms with E-state index in [-0.39, 0.29) is 17.2 Å². The van der Waals surface area contributed by atoms with E-state index in [1.54, 1.807) is 18.5 Å². The lowest BCUT2D eigenvalue weighted by Gasteiger charge is -2.37. The van der Waals surface area contributed by atoms with Crippen molar-refractivity contribution in [2.45, 2.75) is 25.9 Å². The number of pyridine rings is 1. The molecule has 2 heterocycles. The van der Waals surface area contributed by atoms with Gasteiger partial charge in [-0.3, -0.25) is 4.98 Å². The highest BCUT2D eigenvalue weighted by molar-refractivity contribution is 5.70. The summed E-state index contributed by atoms with van der Waals surface area (Å²) in [5.41, 5.74) is 8.26. The second-order valence-corrected chi connectivity index (χ2v) is 8.16. The summed E-state index contributed by atoms with van der Waals surface area (Å²) in [6.45, 7) is 4.19. The molecule has 0 saturated carbocycles.